The lowest BCUT2D eigenvalue weighted by atomic mass is 9.87. The van der Waals surface area contributed by atoms with E-state index in [1.807, 2.05) is 30.3 Å². The van der Waals surface area contributed by atoms with Crippen molar-refractivity contribution in [2.24, 2.45) is 0 Å². The van der Waals surface area contributed by atoms with Crippen molar-refractivity contribution in [3.63, 3.8) is 0 Å². The molecule has 4 rings (SSSR count). The first kappa shape index (κ1) is 11.8. The van der Waals surface area contributed by atoms with Crippen LogP contribution in [0.15, 0.2) is 49.0 Å². The Morgan fingerprint density at radius 3 is 2.70 bits per heavy atom. The summed E-state index contributed by atoms with van der Waals surface area (Å²) in [6.07, 6.45) is 0. The largest absolute Gasteiger partial charge is 0.337 e. The fraction of sp³-hybridized carbons (Fsp3) is 0.176. The highest BCUT2D eigenvalue weighted by molar-refractivity contribution is 5.75. The summed E-state index contributed by atoms with van der Waals surface area (Å²) in [4.78, 5) is 0. The van der Waals surface area contributed by atoms with Gasteiger partial charge in [0.1, 0.15) is 5.82 Å². The summed E-state index contributed by atoms with van der Waals surface area (Å²) in [5.41, 5.74) is 4.07. The van der Waals surface area contributed by atoms with E-state index in [4.69, 9.17) is 9.47 Å². The van der Waals surface area contributed by atoms with E-state index < -0.39 is 5.79 Å². The number of rotatable bonds is 0. The second-order valence-corrected chi connectivity index (χ2v) is 5.10. The van der Waals surface area contributed by atoms with E-state index in [2.05, 4.69) is 6.58 Å². The third kappa shape index (κ3) is 1.39. The molecule has 1 spiro atoms. The standard InChI is InChI=1S/C17H13FO2/c1-11-13-6-4-8-16(18)14(13)10-20-17(11)15-7-3-2-5-12(15)9-19-17/h2-8H,1,9-10H2. The Morgan fingerprint density at radius 2 is 1.80 bits per heavy atom. The van der Waals surface area contributed by atoms with Crippen LogP contribution in [-0.4, -0.2) is 0 Å². The third-order valence-electron chi connectivity index (χ3n) is 4.06. The molecule has 2 nitrogen and oxygen atoms in total. The highest BCUT2D eigenvalue weighted by atomic mass is 19.1. The molecule has 1 atom stereocenters. The van der Waals surface area contributed by atoms with Crippen LogP contribution in [0.4, 0.5) is 4.39 Å². The van der Waals surface area contributed by atoms with Crippen LogP contribution in [0.5, 0.6) is 0 Å². The SMILES string of the molecule is C=C1c2cccc(F)c2COC12OCc1ccccc12. The van der Waals surface area contributed by atoms with Crippen molar-refractivity contribution in [2.45, 2.75) is 19.0 Å². The second kappa shape index (κ2) is 4.01. The highest BCUT2D eigenvalue weighted by Gasteiger charge is 2.47. The molecule has 2 aromatic rings. The Kier molecular flexibility index (Phi) is 2.37. The van der Waals surface area contributed by atoms with Gasteiger partial charge in [-0.25, -0.2) is 4.39 Å². The highest BCUT2D eigenvalue weighted by Crippen LogP contribution is 2.50. The molecule has 0 radical (unpaired) electrons. The molecule has 0 N–H and O–H groups in total. The van der Waals surface area contributed by atoms with Gasteiger partial charge < -0.3 is 9.47 Å². The normalized spacial score (nSPS) is 23.8. The maximum absolute atomic E-state index is 13.9. The monoisotopic (exact) mass is 268 g/mol. The Morgan fingerprint density at radius 1 is 1.00 bits per heavy atom. The average molecular weight is 268 g/mol. The van der Waals surface area contributed by atoms with Crippen LogP contribution in [0.25, 0.3) is 5.57 Å². The van der Waals surface area contributed by atoms with Crippen molar-refractivity contribution < 1.29 is 13.9 Å². The number of hydrogen-bond donors (Lipinski definition) is 0. The summed E-state index contributed by atoms with van der Waals surface area (Å²) in [5, 5.41) is 0. The van der Waals surface area contributed by atoms with E-state index in [1.54, 1.807) is 6.07 Å². The predicted octanol–water partition coefficient (Wildman–Crippen LogP) is 3.75. The number of ether oxygens (including phenoxy) is 2. The molecule has 100 valence electrons. The van der Waals surface area contributed by atoms with E-state index >= 15 is 0 Å². The van der Waals surface area contributed by atoms with Crippen molar-refractivity contribution in [1.29, 1.82) is 0 Å². The lowest BCUT2D eigenvalue weighted by Crippen LogP contribution is -2.34. The van der Waals surface area contributed by atoms with Crippen LogP contribution < -0.4 is 0 Å². The van der Waals surface area contributed by atoms with Crippen molar-refractivity contribution in [3.8, 4) is 0 Å². The van der Waals surface area contributed by atoms with Gasteiger partial charge in [-0.15, -0.1) is 0 Å². The Labute approximate surface area is 116 Å². The molecule has 2 heterocycles. The van der Waals surface area contributed by atoms with Crippen LogP contribution >= 0.6 is 0 Å². The fourth-order valence-corrected chi connectivity index (χ4v) is 3.02. The van der Waals surface area contributed by atoms with Crippen molar-refractivity contribution in [1.82, 2.24) is 0 Å². The molecule has 0 fully saturated rings. The number of halogens is 1. The van der Waals surface area contributed by atoms with Crippen LogP contribution in [0.2, 0.25) is 0 Å². The van der Waals surface area contributed by atoms with Gasteiger partial charge in [-0.1, -0.05) is 43.0 Å². The summed E-state index contributed by atoms with van der Waals surface area (Å²) in [6, 6.07) is 12.9. The molecule has 20 heavy (non-hydrogen) atoms. The predicted molar refractivity (Wildman–Crippen MR) is 73.1 cm³/mol. The minimum absolute atomic E-state index is 0.190. The lowest BCUT2D eigenvalue weighted by Gasteiger charge is -2.36. The van der Waals surface area contributed by atoms with Crippen LogP contribution in [-0.2, 0) is 28.5 Å². The van der Waals surface area contributed by atoms with Gasteiger partial charge in [0.25, 0.3) is 0 Å². The summed E-state index contributed by atoms with van der Waals surface area (Å²) in [5.74, 6) is -1.22. The van der Waals surface area contributed by atoms with E-state index in [0.717, 1.165) is 16.7 Å². The van der Waals surface area contributed by atoms with Gasteiger partial charge in [-0.05, 0) is 17.2 Å². The summed E-state index contributed by atoms with van der Waals surface area (Å²) in [6.45, 7) is 4.79. The maximum Gasteiger partial charge on any atom is 0.223 e. The quantitative estimate of drug-likeness (QED) is 0.724. The second-order valence-electron chi connectivity index (χ2n) is 5.10. The van der Waals surface area contributed by atoms with E-state index in [0.29, 0.717) is 17.7 Å². The molecule has 2 aliphatic heterocycles. The minimum Gasteiger partial charge on any atom is -0.337 e. The molecule has 0 aromatic heterocycles. The number of benzene rings is 2. The smallest absolute Gasteiger partial charge is 0.223 e. The minimum atomic E-state index is -0.961. The van der Waals surface area contributed by atoms with Crippen molar-refractivity contribution in [3.05, 3.63) is 77.1 Å². The zero-order valence-electron chi connectivity index (χ0n) is 10.9. The average Bonchev–Trinajstić information content (AvgIpc) is 2.84. The molecule has 0 saturated heterocycles. The first-order valence-corrected chi connectivity index (χ1v) is 6.56. The molecular weight excluding hydrogens is 255 g/mol. The van der Waals surface area contributed by atoms with E-state index in [-0.39, 0.29) is 12.4 Å². The van der Waals surface area contributed by atoms with Gasteiger partial charge in [-0.2, -0.15) is 0 Å². The van der Waals surface area contributed by atoms with Gasteiger partial charge in [0, 0.05) is 16.7 Å². The van der Waals surface area contributed by atoms with Gasteiger partial charge in [-0.3, -0.25) is 0 Å². The maximum atomic E-state index is 13.9. The number of hydrogen-bond acceptors (Lipinski definition) is 2. The molecule has 1 unspecified atom stereocenters. The summed E-state index contributed by atoms with van der Waals surface area (Å²) < 4.78 is 25.7. The van der Waals surface area contributed by atoms with E-state index in [1.165, 1.54) is 6.07 Å². The molecule has 0 amide bonds. The fourth-order valence-electron chi connectivity index (χ4n) is 3.02. The van der Waals surface area contributed by atoms with Gasteiger partial charge in [0.2, 0.25) is 5.79 Å². The zero-order chi connectivity index (χ0) is 13.7. The molecular formula is C17H13FO2. The van der Waals surface area contributed by atoms with Crippen LogP contribution in [0.3, 0.4) is 0 Å². The van der Waals surface area contributed by atoms with E-state index in [9.17, 15) is 4.39 Å². The molecule has 2 aliphatic rings. The Bertz CT molecular complexity index is 723. The van der Waals surface area contributed by atoms with Gasteiger partial charge in [0.15, 0.2) is 0 Å². The van der Waals surface area contributed by atoms with Crippen LogP contribution in [0, 0.1) is 5.82 Å². The molecule has 3 heteroatoms. The third-order valence-corrected chi connectivity index (χ3v) is 4.06. The van der Waals surface area contributed by atoms with Gasteiger partial charge in [0.05, 0.1) is 13.2 Å². The van der Waals surface area contributed by atoms with Crippen molar-refractivity contribution >= 4 is 5.57 Å². The number of fused-ring (bicyclic) bond motifs is 3. The molecule has 2 aromatic carbocycles. The Hall–Kier alpha value is -1.97. The molecule has 0 saturated carbocycles. The van der Waals surface area contributed by atoms with Gasteiger partial charge >= 0.3 is 0 Å². The lowest BCUT2D eigenvalue weighted by molar-refractivity contribution is -0.207. The summed E-state index contributed by atoms with van der Waals surface area (Å²) in [7, 11) is 0. The first-order chi connectivity index (χ1) is 9.72. The Balaban J connectivity index is 1.90. The van der Waals surface area contributed by atoms with Crippen LogP contribution in [0.1, 0.15) is 22.3 Å². The van der Waals surface area contributed by atoms with Crippen molar-refractivity contribution in [2.75, 3.05) is 0 Å². The first-order valence-electron chi connectivity index (χ1n) is 6.56. The zero-order valence-corrected chi connectivity index (χ0v) is 10.9. The summed E-state index contributed by atoms with van der Waals surface area (Å²) >= 11 is 0. The molecule has 0 aliphatic carbocycles. The molecule has 0 bridgehead atoms. The topological polar surface area (TPSA) is 18.5 Å².